The van der Waals surface area contributed by atoms with Crippen LogP contribution in [0.5, 0.6) is 0 Å². The average Bonchev–Trinajstić information content (AvgIpc) is 1.62. The summed E-state index contributed by atoms with van der Waals surface area (Å²) in [6.45, 7) is 12.0. The molecule has 0 nitrogen and oxygen atoms in total. The van der Waals surface area contributed by atoms with Crippen molar-refractivity contribution in [2.75, 3.05) is 0 Å². The van der Waals surface area contributed by atoms with E-state index in [1.807, 2.05) is 0 Å². The summed E-state index contributed by atoms with van der Waals surface area (Å²) in [5.74, 6) is 0. The summed E-state index contributed by atoms with van der Waals surface area (Å²) in [4.78, 5) is 0. The van der Waals surface area contributed by atoms with Gasteiger partial charge >= 0.3 is 0 Å². The predicted octanol–water partition coefficient (Wildman–Crippen LogP) is 1.21. The Morgan fingerprint density at radius 3 is 1.56 bits per heavy atom. The normalized spacial score (nSPS) is 16.7. The summed E-state index contributed by atoms with van der Waals surface area (Å²) in [5.41, 5.74) is 0.604. The highest BCUT2D eigenvalue weighted by Gasteiger charge is 2.22. The highest BCUT2D eigenvalue weighted by molar-refractivity contribution is 6.65. The largest absolute Gasteiger partial charge is 0.0722 e. The molecule has 0 aromatic rings. The molecule has 0 saturated heterocycles. The molecule has 0 radical (unpaired) electrons. The quantitative estimate of drug-likeness (QED) is 0.506. The van der Waals surface area contributed by atoms with E-state index in [-0.39, 0.29) is 8.80 Å². The Labute approximate surface area is 64.1 Å². The first-order valence-corrected chi connectivity index (χ1v) is 7.98. The monoisotopic (exact) mass is 160 g/mol. The van der Waals surface area contributed by atoms with Crippen molar-refractivity contribution in [1.29, 1.82) is 0 Å². The molecule has 0 fully saturated rings. The Bertz CT molecular complexity index is 81.4. The van der Waals surface area contributed by atoms with Crippen LogP contribution in [0, 0.1) is 5.41 Å². The van der Waals surface area contributed by atoms with Crippen LogP contribution in [0.2, 0.25) is 18.3 Å². The zero-order chi connectivity index (χ0) is 7.65. The van der Waals surface area contributed by atoms with Gasteiger partial charge in [0.25, 0.3) is 0 Å². The van der Waals surface area contributed by atoms with Crippen molar-refractivity contribution in [3.05, 3.63) is 0 Å². The molecule has 0 aromatic carbocycles. The Hall–Kier alpha value is 0.434. The van der Waals surface area contributed by atoms with Gasteiger partial charge in [-0.25, -0.2) is 0 Å². The van der Waals surface area contributed by atoms with E-state index >= 15 is 0 Å². The van der Waals surface area contributed by atoms with Gasteiger partial charge < -0.3 is 0 Å². The molecule has 0 spiro atoms. The zero-order valence-electron chi connectivity index (χ0n) is 7.65. The van der Waals surface area contributed by atoms with Crippen LogP contribution < -0.4 is 0 Å². The minimum atomic E-state index is -0.328. The van der Waals surface area contributed by atoms with Crippen molar-refractivity contribution in [3.8, 4) is 0 Å². The Kier molecular flexibility index (Phi) is 3.16. The maximum Gasteiger partial charge on any atom is 0.0307 e. The lowest BCUT2D eigenvalue weighted by Crippen LogP contribution is -2.25. The summed E-state index contributed by atoms with van der Waals surface area (Å²) in [7, 11) is 1.07. The second kappa shape index (κ2) is 3.01. The van der Waals surface area contributed by atoms with Gasteiger partial charge in [0.05, 0.1) is 0 Å². The van der Waals surface area contributed by atoms with Gasteiger partial charge in [0.2, 0.25) is 0 Å². The van der Waals surface area contributed by atoms with Crippen molar-refractivity contribution in [2.45, 2.75) is 39.0 Å². The van der Waals surface area contributed by atoms with Gasteiger partial charge in [-0.05, 0) is 5.41 Å². The van der Waals surface area contributed by atoms with E-state index in [0.717, 1.165) is 5.16 Å². The van der Waals surface area contributed by atoms with Gasteiger partial charge in [-0.2, -0.15) is 0 Å². The van der Waals surface area contributed by atoms with Gasteiger partial charge in [0, 0.05) is 19.0 Å². The molecular formula is C7H20Si2. The first kappa shape index (κ1) is 9.43. The van der Waals surface area contributed by atoms with Crippen LogP contribution >= 0.6 is 0 Å². The molecule has 1 atom stereocenters. The van der Waals surface area contributed by atoms with E-state index in [4.69, 9.17) is 0 Å². The van der Waals surface area contributed by atoms with Gasteiger partial charge in [0.1, 0.15) is 0 Å². The topological polar surface area (TPSA) is 0 Å². The molecule has 2 heteroatoms. The third-order valence-corrected chi connectivity index (χ3v) is 11.1. The van der Waals surface area contributed by atoms with Gasteiger partial charge in [0.15, 0.2) is 0 Å². The highest BCUT2D eigenvalue weighted by Crippen LogP contribution is 2.30. The summed E-state index contributed by atoms with van der Waals surface area (Å²) in [5, 5.41) is 1.09. The molecule has 1 unspecified atom stereocenters. The van der Waals surface area contributed by atoms with Crippen LogP contribution in [-0.4, -0.2) is 19.0 Å². The van der Waals surface area contributed by atoms with Gasteiger partial charge in [-0.15, -0.1) is 0 Å². The van der Waals surface area contributed by atoms with Crippen LogP contribution in [0.4, 0.5) is 0 Å². The summed E-state index contributed by atoms with van der Waals surface area (Å²) in [6.07, 6.45) is 0. The molecule has 0 rings (SSSR count). The molecular weight excluding hydrogens is 140 g/mol. The molecule has 0 amide bonds. The lowest BCUT2D eigenvalue weighted by Gasteiger charge is -2.29. The van der Waals surface area contributed by atoms with Crippen LogP contribution in [0.1, 0.15) is 20.8 Å². The molecule has 0 N–H and O–H groups in total. The lowest BCUT2D eigenvalue weighted by molar-refractivity contribution is 0.439. The third-order valence-electron chi connectivity index (χ3n) is 2.37. The Morgan fingerprint density at radius 1 is 1.22 bits per heavy atom. The van der Waals surface area contributed by atoms with Crippen molar-refractivity contribution in [1.82, 2.24) is 0 Å². The average molecular weight is 160 g/mol. The molecule has 9 heavy (non-hydrogen) atoms. The lowest BCUT2D eigenvalue weighted by atomic mass is 10.00. The fourth-order valence-electron chi connectivity index (χ4n) is 1.00. The number of hydrogen-bond acceptors (Lipinski definition) is 0. The minimum Gasteiger partial charge on any atom is -0.0722 e. The Morgan fingerprint density at radius 2 is 1.56 bits per heavy atom. The SMILES string of the molecule is C[SiH](C)C([SiH3])C(C)(C)C. The molecule has 0 saturated carbocycles. The van der Waals surface area contributed by atoms with E-state index in [2.05, 4.69) is 33.9 Å². The summed E-state index contributed by atoms with van der Waals surface area (Å²) < 4.78 is 0. The number of hydrogen-bond donors (Lipinski definition) is 0. The second-order valence-electron chi connectivity index (χ2n) is 4.40. The first-order valence-electron chi connectivity index (χ1n) is 3.85. The zero-order valence-corrected chi connectivity index (χ0v) is 10.8. The molecule has 56 valence electrons. The van der Waals surface area contributed by atoms with Crippen molar-refractivity contribution >= 4 is 19.0 Å². The fourth-order valence-corrected chi connectivity index (χ4v) is 3.00. The van der Waals surface area contributed by atoms with Gasteiger partial charge in [-0.1, -0.05) is 39.0 Å². The maximum atomic E-state index is 2.46. The van der Waals surface area contributed by atoms with Crippen LogP contribution in [-0.2, 0) is 0 Å². The molecule has 0 bridgehead atoms. The van der Waals surface area contributed by atoms with E-state index < -0.39 is 0 Å². The van der Waals surface area contributed by atoms with Gasteiger partial charge in [-0.3, -0.25) is 0 Å². The van der Waals surface area contributed by atoms with E-state index in [9.17, 15) is 0 Å². The molecule has 0 aliphatic carbocycles. The summed E-state index contributed by atoms with van der Waals surface area (Å²) >= 11 is 0. The standard InChI is InChI=1S/C7H20Si2/c1-7(2,3)6(8)9(4)5/h6,9H,1-5,8H3. The number of rotatable bonds is 1. The van der Waals surface area contributed by atoms with E-state index in [1.54, 1.807) is 0 Å². The fraction of sp³-hybridized carbons (Fsp3) is 1.00. The van der Waals surface area contributed by atoms with Crippen LogP contribution in [0.3, 0.4) is 0 Å². The molecule has 0 aromatic heterocycles. The van der Waals surface area contributed by atoms with Crippen molar-refractivity contribution in [3.63, 3.8) is 0 Å². The second-order valence-corrected chi connectivity index (χ2v) is 10.5. The molecule has 0 aliphatic heterocycles. The van der Waals surface area contributed by atoms with E-state index in [1.165, 1.54) is 10.2 Å². The maximum absolute atomic E-state index is 2.46. The minimum absolute atomic E-state index is 0.328. The summed E-state index contributed by atoms with van der Waals surface area (Å²) in [6, 6.07) is 0. The highest BCUT2D eigenvalue weighted by atomic mass is 28.3. The van der Waals surface area contributed by atoms with Crippen LogP contribution in [0.15, 0.2) is 0 Å². The third kappa shape index (κ3) is 3.21. The smallest absolute Gasteiger partial charge is 0.0307 e. The van der Waals surface area contributed by atoms with E-state index in [0.29, 0.717) is 5.41 Å². The Balaban J connectivity index is 3.88. The predicted molar refractivity (Wildman–Crippen MR) is 52.0 cm³/mol. The molecule has 0 aliphatic rings. The van der Waals surface area contributed by atoms with Crippen LogP contribution in [0.25, 0.3) is 0 Å². The first-order chi connectivity index (χ1) is 3.85. The molecule has 0 heterocycles. The van der Waals surface area contributed by atoms with Crippen molar-refractivity contribution < 1.29 is 0 Å². The van der Waals surface area contributed by atoms with Crippen molar-refractivity contribution in [2.24, 2.45) is 5.41 Å².